The maximum atomic E-state index is 12.9. The van der Waals surface area contributed by atoms with Crippen LogP contribution in [0.4, 0.5) is 0 Å². The van der Waals surface area contributed by atoms with Crippen LogP contribution in [-0.2, 0) is 14.3 Å². The predicted octanol–water partition coefficient (Wildman–Crippen LogP) is 1.56. The number of nitrogens with one attached hydrogen (secondary N) is 1. The Morgan fingerprint density at radius 3 is 2.43 bits per heavy atom. The molecule has 0 saturated carbocycles. The van der Waals surface area contributed by atoms with Crippen molar-refractivity contribution in [2.75, 3.05) is 6.61 Å². The van der Waals surface area contributed by atoms with E-state index in [0.29, 0.717) is 18.9 Å². The van der Waals surface area contributed by atoms with Crippen LogP contribution in [0.2, 0.25) is 0 Å². The first-order chi connectivity index (χ1) is 9.82. The second-order valence-corrected chi connectivity index (χ2v) is 7.06. The Morgan fingerprint density at radius 1 is 1.29 bits per heavy atom. The molecule has 2 heterocycles. The number of carbonyl (C=O) groups is 2. The SMILES string of the molecule is CC(C)CC1NC(=O)C(C(C)C)N(C2CCOC2C)C1=O. The van der Waals surface area contributed by atoms with Gasteiger partial charge in [0.1, 0.15) is 12.1 Å². The quantitative estimate of drug-likeness (QED) is 0.856. The fourth-order valence-corrected chi connectivity index (χ4v) is 3.47. The van der Waals surface area contributed by atoms with E-state index < -0.39 is 0 Å². The highest BCUT2D eigenvalue weighted by Gasteiger charge is 2.47. The molecule has 2 aliphatic rings. The molecule has 5 nitrogen and oxygen atoms in total. The summed E-state index contributed by atoms with van der Waals surface area (Å²) in [5.74, 6) is 0.509. The third-order valence-corrected chi connectivity index (χ3v) is 4.47. The normalized spacial score (nSPS) is 34.0. The highest BCUT2D eigenvalue weighted by Crippen LogP contribution is 2.29. The van der Waals surface area contributed by atoms with Gasteiger partial charge >= 0.3 is 0 Å². The zero-order valence-electron chi connectivity index (χ0n) is 13.8. The van der Waals surface area contributed by atoms with Gasteiger partial charge in [-0.3, -0.25) is 9.59 Å². The standard InChI is InChI=1S/C16H28N2O3/c1-9(2)8-12-16(20)18(13-6-7-21-11(13)5)14(10(3)4)15(19)17-12/h9-14H,6-8H2,1-5H3,(H,17,19). The van der Waals surface area contributed by atoms with Gasteiger partial charge in [0, 0.05) is 6.61 Å². The Hall–Kier alpha value is -1.10. The first-order valence-electron chi connectivity index (χ1n) is 8.07. The topological polar surface area (TPSA) is 58.6 Å². The average Bonchev–Trinajstić information content (AvgIpc) is 2.78. The second kappa shape index (κ2) is 6.34. The summed E-state index contributed by atoms with van der Waals surface area (Å²) in [5.41, 5.74) is 0. The highest BCUT2D eigenvalue weighted by atomic mass is 16.5. The molecule has 2 fully saturated rings. The summed E-state index contributed by atoms with van der Waals surface area (Å²) in [4.78, 5) is 27.2. The van der Waals surface area contributed by atoms with Crippen molar-refractivity contribution in [2.24, 2.45) is 11.8 Å². The lowest BCUT2D eigenvalue weighted by molar-refractivity contribution is -0.155. The third-order valence-electron chi connectivity index (χ3n) is 4.47. The van der Waals surface area contributed by atoms with Gasteiger partial charge in [0.15, 0.2) is 0 Å². The summed E-state index contributed by atoms with van der Waals surface area (Å²) in [7, 11) is 0. The molecule has 0 aromatic rings. The Bertz CT molecular complexity index is 408. The molecule has 2 aliphatic heterocycles. The van der Waals surface area contributed by atoms with Gasteiger partial charge < -0.3 is 15.0 Å². The lowest BCUT2D eigenvalue weighted by atomic mass is 9.91. The number of piperazine rings is 1. The first-order valence-corrected chi connectivity index (χ1v) is 8.07. The zero-order chi connectivity index (χ0) is 15.7. The predicted molar refractivity (Wildman–Crippen MR) is 80.7 cm³/mol. The molecule has 2 saturated heterocycles. The number of ether oxygens (including phenoxy) is 1. The molecule has 0 spiro atoms. The Morgan fingerprint density at radius 2 is 1.95 bits per heavy atom. The lowest BCUT2D eigenvalue weighted by Gasteiger charge is -2.45. The molecule has 4 atom stereocenters. The van der Waals surface area contributed by atoms with E-state index in [1.165, 1.54) is 0 Å². The van der Waals surface area contributed by atoms with Crippen molar-refractivity contribution >= 4 is 11.8 Å². The molecule has 4 unspecified atom stereocenters. The van der Waals surface area contributed by atoms with E-state index in [9.17, 15) is 9.59 Å². The molecule has 0 radical (unpaired) electrons. The number of hydrogen-bond donors (Lipinski definition) is 1. The molecule has 1 N–H and O–H groups in total. The van der Waals surface area contributed by atoms with Crippen LogP contribution < -0.4 is 5.32 Å². The van der Waals surface area contributed by atoms with Gasteiger partial charge in [-0.25, -0.2) is 0 Å². The molecule has 120 valence electrons. The zero-order valence-corrected chi connectivity index (χ0v) is 13.8. The number of nitrogens with zero attached hydrogens (tertiary/aromatic N) is 1. The number of carbonyl (C=O) groups excluding carboxylic acids is 2. The van der Waals surface area contributed by atoms with Crippen LogP contribution >= 0.6 is 0 Å². The van der Waals surface area contributed by atoms with Crippen molar-refractivity contribution < 1.29 is 14.3 Å². The molecule has 2 amide bonds. The fraction of sp³-hybridized carbons (Fsp3) is 0.875. The number of hydrogen-bond acceptors (Lipinski definition) is 3. The van der Waals surface area contributed by atoms with Crippen LogP contribution in [0.5, 0.6) is 0 Å². The molecule has 0 aromatic carbocycles. The van der Waals surface area contributed by atoms with Crippen molar-refractivity contribution in [3.05, 3.63) is 0 Å². The maximum Gasteiger partial charge on any atom is 0.246 e. The van der Waals surface area contributed by atoms with E-state index >= 15 is 0 Å². The van der Waals surface area contributed by atoms with Crippen LogP contribution in [0.1, 0.15) is 47.5 Å². The summed E-state index contributed by atoms with van der Waals surface area (Å²) < 4.78 is 5.62. The van der Waals surface area contributed by atoms with E-state index in [4.69, 9.17) is 4.74 Å². The van der Waals surface area contributed by atoms with Crippen molar-refractivity contribution in [1.29, 1.82) is 0 Å². The molecule has 21 heavy (non-hydrogen) atoms. The van der Waals surface area contributed by atoms with Crippen LogP contribution in [0.3, 0.4) is 0 Å². The highest BCUT2D eigenvalue weighted by molar-refractivity contribution is 5.97. The smallest absolute Gasteiger partial charge is 0.246 e. The van der Waals surface area contributed by atoms with Gasteiger partial charge in [-0.2, -0.15) is 0 Å². The molecule has 0 aliphatic carbocycles. The second-order valence-electron chi connectivity index (χ2n) is 7.06. The molecular formula is C16H28N2O3. The molecule has 0 aromatic heterocycles. The van der Waals surface area contributed by atoms with E-state index in [0.717, 1.165) is 6.42 Å². The van der Waals surface area contributed by atoms with E-state index in [2.05, 4.69) is 19.2 Å². The Kier molecular flexibility index (Phi) is 4.91. The van der Waals surface area contributed by atoms with Gasteiger partial charge in [0.05, 0.1) is 12.1 Å². The minimum absolute atomic E-state index is 0.000741. The van der Waals surface area contributed by atoms with Crippen molar-refractivity contribution in [2.45, 2.75) is 71.7 Å². The van der Waals surface area contributed by atoms with Gasteiger partial charge in [-0.15, -0.1) is 0 Å². The van der Waals surface area contributed by atoms with Crippen molar-refractivity contribution in [3.8, 4) is 0 Å². The Balaban J connectivity index is 2.28. The van der Waals surface area contributed by atoms with E-state index in [1.54, 1.807) is 0 Å². The largest absolute Gasteiger partial charge is 0.376 e. The summed E-state index contributed by atoms with van der Waals surface area (Å²) in [5, 5.41) is 2.93. The molecule has 0 bridgehead atoms. The number of rotatable bonds is 4. The van der Waals surface area contributed by atoms with Crippen molar-refractivity contribution in [1.82, 2.24) is 10.2 Å². The molecule has 2 rings (SSSR count). The first kappa shape index (κ1) is 16.3. The van der Waals surface area contributed by atoms with Gasteiger partial charge in [-0.05, 0) is 31.6 Å². The van der Waals surface area contributed by atoms with Crippen LogP contribution in [-0.4, -0.2) is 47.6 Å². The summed E-state index contributed by atoms with van der Waals surface area (Å²) in [6.07, 6.45) is 1.51. The Labute approximate surface area is 127 Å². The monoisotopic (exact) mass is 296 g/mol. The van der Waals surface area contributed by atoms with Crippen LogP contribution in [0.25, 0.3) is 0 Å². The number of amides is 2. The summed E-state index contributed by atoms with van der Waals surface area (Å²) in [6, 6.07) is -0.749. The summed E-state index contributed by atoms with van der Waals surface area (Å²) in [6.45, 7) is 10.8. The minimum Gasteiger partial charge on any atom is -0.376 e. The van der Waals surface area contributed by atoms with Crippen LogP contribution in [0, 0.1) is 11.8 Å². The summed E-state index contributed by atoms with van der Waals surface area (Å²) >= 11 is 0. The van der Waals surface area contributed by atoms with Crippen molar-refractivity contribution in [3.63, 3.8) is 0 Å². The van der Waals surface area contributed by atoms with Gasteiger partial charge in [-0.1, -0.05) is 27.7 Å². The van der Waals surface area contributed by atoms with E-state index in [-0.39, 0.29) is 42.0 Å². The third kappa shape index (κ3) is 3.23. The fourth-order valence-electron chi connectivity index (χ4n) is 3.47. The molecular weight excluding hydrogens is 268 g/mol. The van der Waals surface area contributed by atoms with Gasteiger partial charge in [0.2, 0.25) is 11.8 Å². The van der Waals surface area contributed by atoms with Gasteiger partial charge in [0.25, 0.3) is 0 Å². The lowest BCUT2D eigenvalue weighted by Crippen LogP contribution is -2.68. The maximum absolute atomic E-state index is 12.9. The van der Waals surface area contributed by atoms with Crippen LogP contribution in [0.15, 0.2) is 0 Å². The van der Waals surface area contributed by atoms with E-state index in [1.807, 2.05) is 25.7 Å². The molecule has 5 heteroatoms. The minimum atomic E-state index is -0.389. The average molecular weight is 296 g/mol.